The number of hydrogen-bond acceptors (Lipinski definition) is 5. The van der Waals surface area contributed by atoms with Gasteiger partial charge in [0.25, 0.3) is 11.5 Å². The van der Waals surface area contributed by atoms with Crippen molar-refractivity contribution in [3.05, 3.63) is 57.6 Å². The fraction of sp³-hybridized carbons (Fsp3) is 0.318. The van der Waals surface area contributed by atoms with Crippen LogP contribution < -0.4 is 25.2 Å². The minimum Gasteiger partial charge on any atom is -0.493 e. The second kappa shape index (κ2) is 8.96. The minimum absolute atomic E-state index is 0.0977. The molecular formula is C22H27N4O4+. The van der Waals surface area contributed by atoms with Gasteiger partial charge in [-0.3, -0.25) is 9.59 Å². The molecule has 1 atom stereocenters. The van der Waals surface area contributed by atoms with Crippen LogP contribution in [0, 0.1) is 13.8 Å². The molecule has 1 unspecified atom stereocenters. The van der Waals surface area contributed by atoms with Gasteiger partial charge in [-0.2, -0.15) is 0 Å². The van der Waals surface area contributed by atoms with Gasteiger partial charge in [0.05, 0.1) is 32.2 Å². The largest absolute Gasteiger partial charge is 0.493 e. The van der Waals surface area contributed by atoms with Crippen LogP contribution in [0.25, 0.3) is 10.9 Å². The monoisotopic (exact) mass is 411 g/mol. The van der Waals surface area contributed by atoms with Crippen molar-refractivity contribution in [2.24, 2.45) is 0 Å². The maximum atomic E-state index is 12.5. The topological polar surface area (TPSA) is 97.8 Å². The standard InChI is InChI=1S/C22H26N4O4/c1-13-7-6-8-14(2)21(13)25-20(27)12-26(3)11-19-23-16-10-18(30-5)17(29-4)9-15(16)22(28)24-19/h6-10H,11-12H2,1-5H3,(H,25,27)(H,23,24,28)/p+1. The number of aryl methyl sites for hydroxylation is 2. The van der Waals surface area contributed by atoms with Gasteiger partial charge < -0.3 is 24.7 Å². The summed E-state index contributed by atoms with van der Waals surface area (Å²) in [5.74, 6) is 1.37. The average molecular weight is 411 g/mol. The Morgan fingerprint density at radius 3 is 2.40 bits per heavy atom. The van der Waals surface area contributed by atoms with E-state index in [2.05, 4.69) is 15.3 Å². The predicted molar refractivity (Wildman–Crippen MR) is 115 cm³/mol. The number of nitrogens with one attached hydrogen (secondary N) is 3. The van der Waals surface area contributed by atoms with Crippen LogP contribution in [-0.2, 0) is 11.3 Å². The molecular weight excluding hydrogens is 384 g/mol. The van der Waals surface area contributed by atoms with E-state index >= 15 is 0 Å². The number of fused-ring (bicyclic) bond motifs is 1. The zero-order valence-electron chi connectivity index (χ0n) is 17.9. The van der Waals surface area contributed by atoms with Gasteiger partial charge in [-0.1, -0.05) is 18.2 Å². The smallest absolute Gasteiger partial charge is 0.279 e. The van der Waals surface area contributed by atoms with Crippen LogP contribution in [0.15, 0.2) is 35.1 Å². The summed E-state index contributed by atoms with van der Waals surface area (Å²) >= 11 is 0. The highest BCUT2D eigenvalue weighted by Gasteiger charge is 2.16. The molecule has 0 aliphatic rings. The number of aromatic amines is 1. The number of para-hydroxylation sites is 1. The van der Waals surface area contributed by atoms with E-state index in [1.165, 1.54) is 14.2 Å². The Labute approximate surface area is 174 Å². The number of methoxy groups -OCH3 is 2. The highest BCUT2D eigenvalue weighted by Crippen LogP contribution is 2.29. The zero-order valence-corrected chi connectivity index (χ0v) is 17.9. The highest BCUT2D eigenvalue weighted by molar-refractivity contribution is 5.93. The summed E-state index contributed by atoms with van der Waals surface area (Å²) < 4.78 is 10.5. The Balaban J connectivity index is 1.75. The van der Waals surface area contributed by atoms with Gasteiger partial charge >= 0.3 is 0 Å². The number of anilines is 1. The van der Waals surface area contributed by atoms with Gasteiger partial charge in [0, 0.05) is 11.8 Å². The number of carbonyl (C=O) groups is 1. The van der Waals surface area contributed by atoms with E-state index in [0.717, 1.165) is 21.7 Å². The highest BCUT2D eigenvalue weighted by atomic mass is 16.5. The number of benzene rings is 2. The van der Waals surface area contributed by atoms with E-state index in [1.807, 2.05) is 39.1 Å². The maximum Gasteiger partial charge on any atom is 0.279 e. The van der Waals surface area contributed by atoms with Crippen molar-refractivity contribution >= 4 is 22.5 Å². The summed E-state index contributed by atoms with van der Waals surface area (Å²) in [6.07, 6.45) is 0. The van der Waals surface area contributed by atoms with Gasteiger partial charge in [-0.15, -0.1) is 0 Å². The van der Waals surface area contributed by atoms with Gasteiger partial charge in [0.2, 0.25) is 0 Å². The molecule has 3 N–H and O–H groups in total. The van der Waals surface area contributed by atoms with Crippen molar-refractivity contribution in [1.82, 2.24) is 9.97 Å². The Kier molecular flexibility index (Phi) is 6.37. The number of amides is 1. The number of nitrogens with zero attached hydrogens (tertiary/aromatic N) is 1. The first-order valence-electron chi connectivity index (χ1n) is 9.64. The third kappa shape index (κ3) is 4.60. The third-order valence-corrected chi connectivity index (χ3v) is 4.94. The summed E-state index contributed by atoms with van der Waals surface area (Å²) in [6.45, 7) is 4.56. The molecule has 1 aromatic heterocycles. The molecule has 0 radical (unpaired) electrons. The lowest BCUT2D eigenvalue weighted by molar-refractivity contribution is -0.885. The molecule has 3 rings (SSSR count). The fourth-order valence-corrected chi connectivity index (χ4v) is 3.42. The number of H-pyrrole nitrogens is 1. The lowest BCUT2D eigenvalue weighted by Gasteiger charge is -2.15. The lowest BCUT2D eigenvalue weighted by atomic mass is 10.1. The van der Waals surface area contributed by atoms with Crippen molar-refractivity contribution in [3.8, 4) is 11.5 Å². The number of likely N-dealkylation sites (N-methyl/N-ethyl adjacent to an activating group) is 1. The zero-order chi connectivity index (χ0) is 21.8. The van der Waals surface area contributed by atoms with Crippen LogP contribution in [0.2, 0.25) is 0 Å². The van der Waals surface area contributed by atoms with E-state index in [4.69, 9.17) is 9.47 Å². The SMILES string of the molecule is COc1cc2nc(C[NH+](C)CC(=O)Nc3c(C)cccc3C)[nH]c(=O)c2cc1OC. The summed E-state index contributed by atoms with van der Waals surface area (Å²) in [7, 11) is 4.93. The summed E-state index contributed by atoms with van der Waals surface area (Å²) in [6, 6.07) is 9.18. The van der Waals surface area contributed by atoms with Crippen molar-refractivity contribution in [2.45, 2.75) is 20.4 Å². The van der Waals surface area contributed by atoms with Crippen LogP contribution in [0.1, 0.15) is 17.0 Å². The number of hydrogen-bond donors (Lipinski definition) is 3. The van der Waals surface area contributed by atoms with Crippen LogP contribution in [0.4, 0.5) is 5.69 Å². The van der Waals surface area contributed by atoms with Crippen molar-refractivity contribution in [2.75, 3.05) is 33.1 Å². The molecule has 0 saturated heterocycles. The normalized spacial score (nSPS) is 11.9. The predicted octanol–water partition coefficient (Wildman–Crippen LogP) is 1.21. The summed E-state index contributed by atoms with van der Waals surface area (Å²) in [5, 5.41) is 3.40. The molecule has 3 aromatic rings. The molecule has 1 heterocycles. The first-order valence-corrected chi connectivity index (χ1v) is 9.64. The van der Waals surface area contributed by atoms with E-state index in [0.29, 0.717) is 34.8 Å². The number of quaternary nitrogens is 1. The average Bonchev–Trinajstić information content (AvgIpc) is 2.69. The molecule has 0 aliphatic carbocycles. The molecule has 8 heteroatoms. The van der Waals surface area contributed by atoms with Gasteiger partial charge in [0.15, 0.2) is 23.9 Å². The van der Waals surface area contributed by atoms with Crippen LogP contribution >= 0.6 is 0 Å². The van der Waals surface area contributed by atoms with E-state index < -0.39 is 0 Å². The molecule has 0 spiro atoms. The molecule has 8 nitrogen and oxygen atoms in total. The second-order valence-electron chi connectivity index (χ2n) is 7.36. The van der Waals surface area contributed by atoms with Crippen LogP contribution in [-0.4, -0.2) is 43.7 Å². The first-order chi connectivity index (χ1) is 14.3. The Bertz CT molecular complexity index is 1120. The van der Waals surface area contributed by atoms with Crippen LogP contribution in [0.3, 0.4) is 0 Å². The maximum absolute atomic E-state index is 12.5. The molecule has 0 saturated carbocycles. The first kappa shape index (κ1) is 21.3. The van der Waals surface area contributed by atoms with Gasteiger partial charge in [-0.05, 0) is 31.0 Å². The van der Waals surface area contributed by atoms with E-state index in [9.17, 15) is 9.59 Å². The van der Waals surface area contributed by atoms with E-state index in [1.54, 1.807) is 12.1 Å². The van der Waals surface area contributed by atoms with Gasteiger partial charge in [-0.25, -0.2) is 4.98 Å². The van der Waals surface area contributed by atoms with E-state index in [-0.39, 0.29) is 18.0 Å². The Morgan fingerprint density at radius 2 is 1.77 bits per heavy atom. The number of carbonyl (C=O) groups excluding carboxylic acids is 1. The number of rotatable bonds is 7. The summed E-state index contributed by atoms with van der Waals surface area (Å²) in [4.78, 5) is 33.2. The molecule has 2 aromatic carbocycles. The minimum atomic E-state index is -0.260. The summed E-state index contributed by atoms with van der Waals surface area (Å²) in [5.41, 5.74) is 3.13. The molecule has 1 amide bonds. The third-order valence-electron chi connectivity index (χ3n) is 4.94. The number of ether oxygens (including phenoxy) is 2. The fourth-order valence-electron chi connectivity index (χ4n) is 3.42. The second-order valence-corrected chi connectivity index (χ2v) is 7.36. The van der Waals surface area contributed by atoms with Crippen molar-refractivity contribution in [3.63, 3.8) is 0 Å². The molecule has 0 aliphatic heterocycles. The van der Waals surface area contributed by atoms with Crippen LogP contribution in [0.5, 0.6) is 11.5 Å². The van der Waals surface area contributed by atoms with Crippen molar-refractivity contribution < 1.29 is 19.2 Å². The quantitative estimate of drug-likeness (QED) is 0.543. The Morgan fingerprint density at radius 1 is 1.13 bits per heavy atom. The number of aromatic nitrogens is 2. The Hall–Kier alpha value is -3.39. The molecule has 158 valence electrons. The molecule has 30 heavy (non-hydrogen) atoms. The molecule has 0 fully saturated rings. The lowest BCUT2D eigenvalue weighted by Crippen LogP contribution is -3.08. The van der Waals surface area contributed by atoms with Crippen molar-refractivity contribution in [1.29, 1.82) is 0 Å². The molecule has 0 bridgehead atoms. The van der Waals surface area contributed by atoms with Gasteiger partial charge in [0.1, 0.15) is 6.54 Å².